The van der Waals surface area contributed by atoms with Gasteiger partial charge >= 0.3 is 0 Å². The van der Waals surface area contributed by atoms with Crippen LogP contribution in [0.3, 0.4) is 0 Å². The molecule has 0 saturated heterocycles. The molecule has 3 rings (SSSR count). The second-order valence-corrected chi connectivity index (χ2v) is 6.47. The van der Waals surface area contributed by atoms with Gasteiger partial charge in [0.25, 0.3) is 5.56 Å². The standard InChI is InChI=1S/C20H21FN4O2/c1-13(19(26)22-11-14-7-9-15(21)10-8-14)25(2)12-18-23-17-6-4-3-5-16(17)20(27)24-18/h3-10,13H,11-12H2,1-2H3,(H,22,26)(H,23,24,27)/t13-/m0/s1. The Labute approximate surface area is 156 Å². The highest BCUT2D eigenvalue weighted by Crippen LogP contribution is 2.08. The van der Waals surface area contributed by atoms with E-state index in [1.165, 1.54) is 12.1 Å². The van der Waals surface area contributed by atoms with Crippen LogP contribution in [0.15, 0.2) is 53.3 Å². The lowest BCUT2D eigenvalue weighted by molar-refractivity contribution is -0.125. The molecule has 0 unspecified atom stereocenters. The second-order valence-electron chi connectivity index (χ2n) is 6.47. The number of fused-ring (bicyclic) bond motifs is 1. The molecule has 27 heavy (non-hydrogen) atoms. The quantitative estimate of drug-likeness (QED) is 0.699. The van der Waals surface area contributed by atoms with Gasteiger partial charge in [0.1, 0.15) is 11.6 Å². The molecule has 1 amide bonds. The van der Waals surface area contributed by atoms with Crippen molar-refractivity contribution in [2.24, 2.45) is 0 Å². The number of para-hydroxylation sites is 1. The molecule has 2 aromatic carbocycles. The van der Waals surface area contributed by atoms with Crippen molar-refractivity contribution in [3.63, 3.8) is 0 Å². The molecule has 1 atom stereocenters. The van der Waals surface area contributed by atoms with E-state index in [0.717, 1.165) is 5.56 Å². The van der Waals surface area contributed by atoms with Crippen molar-refractivity contribution in [2.45, 2.75) is 26.1 Å². The summed E-state index contributed by atoms with van der Waals surface area (Å²) >= 11 is 0. The number of hydrogen-bond acceptors (Lipinski definition) is 4. The lowest BCUT2D eigenvalue weighted by atomic mass is 10.2. The van der Waals surface area contributed by atoms with Crippen molar-refractivity contribution in [3.05, 3.63) is 76.1 Å². The SMILES string of the molecule is C[C@@H](C(=O)NCc1ccc(F)cc1)N(C)Cc1nc2ccccc2c(=O)[nH]1. The van der Waals surface area contributed by atoms with Crippen LogP contribution in [0.5, 0.6) is 0 Å². The number of carbonyl (C=O) groups excluding carboxylic acids is 1. The molecule has 0 aliphatic rings. The summed E-state index contributed by atoms with van der Waals surface area (Å²) in [5.41, 5.74) is 1.25. The van der Waals surface area contributed by atoms with E-state index in [4.69, 9.17) is 0 Å². The fourth-order valence-electron chi connectivity index (χ4n) is 2.72. The molecule has 7 heteroatoms. The van der Waals surface area contributed by atoms with Crippen molar-refractivity contribution < 1.29 is 9.18 Å². The third kappa shape index (κ3) is 4.57. The van der Waals surface area contributed by atoms with Crippen LogP contribution in [-0.2, 0) is 17.9 Å². The number of nitrogens with zero attached hydrogens (tertiary/aromatic N) is 2. The van der Waals surface area contributed by atoms with Gasteiger partial charge < -0.3 is 10.3 Å². The topological polar surface area (TPSA) is 78.1 Å². The summed E-state index contributed by atoms with van der Waals surface area (Å²) in [6.07, 6.45) is 0. The van der Waals surface area contributed by atoms with E-state index in [1.54, 1.807) is 49.2 Å². The number of halogens is 1. The molecule has 0 radical (unpaired) electrons. The summed E-state index contributed by atoms with van der Waals surface area (Å²) < 4.78 is 12.9. The highest BCUT2D eigenvalue weighted by molar-refractivity contribution is 5.81. The average Bonchev–Trinajstić information content (AvgIpc) is 2.66. The first-order valence-corrected chi connectivity index (χ1v) is 8.64. The third-order valence-corrected chi connectivity index (χ3v) is 4.48. The molecule has 1 heterocycles. The van der Waals surface area contributed by atoms with Crippen molar-refractivity contribution in [1.82, 2.24) is 20.2 Å². The van der Waals surface area contributed by atoms with Gasteiger partial charge in [0.2, 0.25) is 5.91 Å². The minimum absolute atomic E-state index is 0.162. The Balaban J connectivity index is 1.62. The van der Waals surface area contributed by atoms with Gasteiger partial charge in [-0.05, 0) is 43.8 Å². The van der Waals surface area contributed by atoms with E-state index in [0.29, 0.717) is 29.8 Å². The van der Waals surface area contributed by atoms with E-state index in [-0.39, 0.29) is 17.3 Å². The van der Waals surface area contributed by atoms with Crippen molar-refractivity contribution >= 4 is 16.8 Å². The van der Waals surface area contributed by atoms with Crippen LogP contribution in [0.4, 0.5) is 4.39 Å². The van der Waals surface area contributed by atoms with Gasteiger partial charge in [-0.2, -0.15) is 0 Å². The van der Waals surface area contributed by atoms with Crippen LogP contribution >= 0.6 is 0 Å². The maximum Gasteiger partial charge on any atom is 0.258 e. The lowest BCUT2D eigenvalue weighted by Crippen LogP contribution is -2.43. The highest BCUT2D eigenvalue weighted by Gasteiger charge is 2.19. The minimum atomic E-state index is -0.428. The molecule has 0 fully saturated rings. The Kier molecular flexibility index (Phi) is 5.61. The number of likely N-dealkylation sites (N-methyl/N-ethyl adjacent to an activating group) is 1. The maximum atomic E-state index is 12.9. The van der Waals surface area contributed by atoms with E-state index in [2.05, 4.69) is 15.3 Å². The number of aromatic amines is 1. The van der Waals surface area contributed by atoms with Gasteiger partial charge in [0, 0.05) is 6.54 Å². The molecule has 0 saturated carbocycles. The highest BCUT2D eigenvalue weighted by atomic mass is 19.1. The molecular formula is C20H21FN4O2. The van der Waals surface area contributed by atoms with Gasteiger partial charge in [-0.3, -0.25) is 14.5 Å². The first-order chi connectivity index (χ1) is 12.9. The summed E-state index contributed by atoms with van der Waals surface area (Å²) in [4.78, 5) is 33.5. The van der Waals surface area contributed by atoms with Crippen molar-refractivity contribution in [3.8, 4) is 0 Å². The van der Waals surface area contributed by atoms with Crippen LogP contribution in [0.1, 0.15) is 18.3 Å². The number of aromatic nitrogens is 2. The van der Waals surface area contributed by atoms with E-state index >= 15 is 0 Å². The fraction of sp³-hybridized carbons (Fsp3) is 0.250. The van der Waals surface area contributed by atoms with Crippen LogP contribution in [-0.4, -0.2) is 33.9 Å². The van der Waals surface area contributed by atoms with E-state index in [1.807, 2.05) is 6.07 Å². The maximum absolute atomic E-state index is 12.9. The van der Waals surface area contributed by atoms with Gasteiger partial charge in [-0.25, -0.2) is 9.37 Å². The van der Waals surface area contributed by atoms with E-state index in [9.17, 15) is 14.0 Å². The number of hydrogen-bond donors (Lipinski definition) is 2. The summed E-state index contributed by atoms with van der Waals surface area (Å²) in [5.74, 6) is 0.0272. The Morgan fingerprint density at radius 1 is 1.22 bits per heavy atom. The first kappa shape index (κ1) is 18.7. The summed E-state index contributed by atoms with van der Waals surface area (Å²) in [6, 6.07) is 12.7. The Morgan fingerprint density at radius 3 is 2.67 bits per heavy atom. The second kappa shape index (κ2) is 8.09. The number of benzene rings is 2. The minimum Gasteiger partial charge on any atom is -0.351 e. The molecular weight excluding hydrogens is 347 g/mol. The zero-order valence-corrected chi connectivity index (χ0v) is 15.2. The Bertz CT molecular complexity index is 1000. The zero-order chi connectivity index (χ0) is 19.4. The number of rotatable bonds is 6. The molecule has 0 aliphatic heterocycles. The van der Waals surface area contributed by atoms with Crippen molar-refractivity contribution in [2.75, 3.05) is 7.05 Å². The number of nitrogens with one attached hydrogen (secondary N) is 2. The number of carbonyl (C=O) groups is 1. The van der Waals surface area contributed by atoms with Gasteiger partial charge in [0.15, 0.2) is 0 Å². The van der Waals surface area contributed by atoms with Crippen molar-refractivity contribution in [1.29, 1.82) is 0 Å². The van der Waals surface area contributed by atoms with E-state index < -0.39 is 6.04 Å². The number of H-pyrrole nitrogens is 1. The predicted molar refractivity (Wildman–Crippen MR) is 102 cm³/mol. The molecule has 140 valence electrons. The zero-order valence-electron chi connectivity index (χ0n) is 15.2. The molecule has 0 bridgehead atoms. The largest absolute Gasteiger partial charge is 0.351 e. The van der Waals surface area contributed by atoms with Gasteiger partial charge in [0.05, 0.1) is 23.5 Å². The normalized spacial score (nSPS) is 12.3. The van der Waals surface area contributed by atoms with Crippen LogP contribution in [0.25, 0.3) is 10.9 Å². The molecule has 0 spiro atoms. The van der Waals surface area contributed by atoms with Gasteiger partial charge in [-0.15, -0.1) is 0 Å². The monoisotopic (exact) mass is 368 g/mol. The van der Waals surface area contributed by atoms with Gasteiger partial charge in [-0.1, -0.05) is 24.3 Å². The summed E-state index contributed by atoms with van der Waals surface area (Å²) in [6.45, 7) is 2.42. The molecule has 0 aliphatic carbocycles. The molecule has 3 aromatic rings. The first-order valence-electron chi connectivity index (χ1n) is 8.64. The average molecular weight is 368 g/mol. The molecule has 1 aromatic heterocycles. The smallest absolute Gasteiger partial charge is 0.258 e. The van der Waals surface area contributed by atoms with Crippen LogP contribution in [0, 0.1) is 5.82 Å². The van der Waals surface area contributed by atoms with Crippen LogP contribution < -0.4 is 10.9 Å². The fourth-order valence-corrected chi connectivity index (χ4v) is 2.72. The Hall–Kier alpha value is -3.06. The molecule has 2 N–H and O–H groups in total. The molecule has 6 nitrogen and oxygen atoms in total. The predicted octanol–water partition coefficient (Wildman–Crippen LogP) is 2.20. The summed E-state index contributed by atoms with van der Waals surface area (Å²) in [7, 11) is 1.79. The Morgan fingerprint density at radius 2 is 1.93 bits per heavy atom. The van der Waals surface area contributed by atoms with Crippen LogP contribution in [0.2, 0.25) is 0 Å². The number of amides is 1. The lowest BCUT2D eigenvalue weighted by Gasteiger charge is -2.23. The third-order valence-electron chi connectivity index (χ3n) is 4.48. The summed E-state index contributed by atoms with van der Waals surface area (Å²) in [5, 5.41) is 3.37.